The van der Waals surface area contributed by atoms with Crippen LogP contribution in [0.3, 0.4) is 0 Å². The molecule has 0 aliphatic rings. The Morgan fingerprint density at radius 2 is 2.00 bits per heavy atom. The highest BCUT2D eigenvalue weighted by Crippen LogP contribution is 2.28. The predicted octanol–water partition coefficient (Wildman–Crippen LogP) is 4.13. The summed E-state index contributed by atoms with van der Waals surface area (Å²) in [5.41, 5.74) is 1.49. The van der Waals surface area contributed by atoms with Crippen LogP contribution >= 0.6 is 23.4 Å². The van der Waals surface area contributed by atoms with E-state index in [1.165, 1.54) is 31.0 Å². The van der Waals surface area contributed by atoms with Gasteiger partial charge in [0.2, 0.25) is 5.91 Å². The number of non-ortho nitro benzene ring substituents is 1. The van der Waals surface area contributed by atoms with Crippen molar-refractivity contribution in [3.63, 3.8) is 0 Å². The number of anilines is 1. The molecule has 0 atom stereocenters. The molecule has 1 amide bonds. The number of nitro groups is 1. The van der Waals surface area contributed by atoms with Gasteiger partial charge < -0.3 is 10.1 Å². The number of halogens is 1. The summed E-state index contributed by atoms with van der Waals surface area (Å²) in [4.78, 5) is 22.2. The average Bonchev–Trinajstić information content (AvgIpc) is 2.55. The zero-order valence-corrected chi connectivity index (χ0v) is 14.4. The molecule has 2 aromatic carbocycles. The lowest BCUT2D eigenvalue weighted by Crippen LogP contribution is -2.14. The molecule has 0 aromatic heterocycles. The molecule has 0 unspecified atom stereocenters. The molecule has 0 saturated heterocycles. The van der Waals surface area contributed by atoms with Gasteiger partial charge in [0, 0.05) is 22.9 Å². The van der Waals surface area contributed by atoms with Crippen molar-refractivity contribution in [3.05, 3.63) is 63.2 Å². The number of methoxy groups -OCH3 is 1. The highest BCUT2D eigenvalue weighted by Gasteiger charge is 2.09. The third-order valence-electron chi connectivity index (χ3n) is 3.08. The summed E-state index contributed by atoms with van der Waals surface area (Å²) in [6, 6.07) is 11.3. The smallest absolute Gasteiger partial charge is 0.269 e. The molecule has 2 aromatic rings. The van der Waals surface area contributed by atoms with Crippen LogP contribution < -0.4 is 10.1 Å². The number of thioether (sulfide) groups is 1. The fourth-order valence-corrected chi connectivity index (χ4v) is 2.90. The Kier molecular flexibility index (Phi) is 6.45. The topological polar surface area (TPSA) is 81.5 Å². The fourth-order valence-electron chi connectivity index (χ4n) is 1.94. The standard InChI is InChI=1S/C16H15ClN2O4S/c1-23-15-7-4-12(17)8-14(15)18-16(20)10-24-9-11-2-5-13(6-3-11)19(21)22/h2-8H,9-10H2,1H3,(H,18,20). The van der Waals surface area contributed by atoms with Crippen molar-refractivity contribution in [3.8, 4) is 5.75 Å². The lowest BCUT2D eigenvalue weighted by Gasteiger charge is -2.10. The van der Waals surface area contributed by atoms with Gasteiger partial charge in [-0.25, -0.2) is 0 Å². The molecule has 2 rings (SSSR count). The molecule has 0 radical (unpaired) electrons. The first kappa shape index (κ1) is 18.1. The van der Waals surface area contributed by atoms with E-state index in [9.17, 15) is 14.9 Å². The Bertz CT molecular complexity index is 737. The number of carbonyl (C=O) groups excluding carboxylic acids is 1. The number of ether oxygens (including phenoxy) is 1. The summed E-state index contributed by atoms with van der Waals surface area (Å²) in [7, 11) is 1.52. The van der Waals surface area contributed by atoms with Crippen molar-refractivity contribution in [2.75, 3.05) is 18.2 Å². The Balaban J connectivity index is 1.85. The van der Waals surface area contributed by atoms with Crippen molar-refractivity contribution in [2.45, 2.75) is 5.75 Å². The highest BCUT2D eigenvalue weighted by molar-refractivity contribution is 7.99. The molecule has 1 N–H and O–H groups in total. The van der Waals surface area contributed by atoms with Crippen LogP contribution in [0.1, 0.15) is 5.56 Å². The Morgan fingerprint density at radius 1 is 1.29 bits per heavy atom. The summed E-state index contributed by atoms with van der Waals surface area (Å²) in [6.45, 7) is 0. The summed E-state index contributed by atoms with van der Waals surface area (Å²) in [5, 5.41) is 13.9. The van der Waals surface area contributed by atoms with Crippen LogP contribution in [0.4, 0.5) is 11.4 Å². The molecule has 126 valence electrons. The maximum Gasteiger partial charge on any atom is 0.269 e. The number of nitrogens with one attached hydrogen (secondary N) is 1. The summed E-state index contributed by atoms with van der Waals surface area (Å²) >= 11 is 7.33. The van der Waals surface area contributed by atoms with Gasteiger partial charge in [-0.1, -0.05) is 23.7 Å². The zero-order chi connectivity index (χ0) is 17.5. The molecule has 0 heterocycles. The van der Waals surface area contributed by atoms with Gasteiger partial charge in [-0.15, -0.1) is 11.8 Å². The molecule has 0 saturated carbocycles. The number of nitrogens with zero attached hydrogens (tertiary/aromatic N) is 1. The van der Waals surface area contributed by atoms with Gasteiger partial charge in [-0.3, -0.25) is 14.9 Å². The molecule has 0 fully saturated rings. The first-order valence-electron chi connectivity index (χ1n) is 6.94. The second kappa shape index (κ2) is 8.56. The summed E-state index contributed by atoms with van der Waals surface area (Å²) in [6.07, 6.45) is 0. The summed E-state index contributed by atoms with van der Waals surface area (Å²) < 4.78 is 5.17. The van der Waals surface area contributed by atoms with Gasteiger partial charge in [0.05, 0.1) is 23.5 Å². The van der Waals surface area contributed by atoms with Gasteiger partial charge in [0.1, 0.15) is 5.75 Å². The minimum atomic E-state index is -0.442. The van der Waals surface area contributed by atoms with E-state index in [-0.39, 0.29) is 17.3 Å². The molecule has 8 heteroatoms. The number of benzene rings is 2. The third kappa shape index (κ3) is 5.14. The maximum absolute atomic E-state index is 12.0. The van der Waals surface area contributed by atoms with Gasteiger partial charge in [0.15, 0.2) is 0 Å². The van der Waals surface area contributed by atoms with E-state index in [0.717, 1.165) is 5.56 Å². The second-order valence-corrected chi connectivity index (χ2v) is 6.23. The van der Waals surface area contributed by atoms with E-state index in [1.807, 2.05) is 0 Å². The SMILES string of the molecule is COc1ccc(Cl)cc1NC(=O)CSCc1ccc([N+](=O)[O-])cc1. The fraction of sp³-hybridized carbons (Fsp3) is 0.188. The number of rotatable bonds is 7. The van der Waals surface area contributed by atoms with Crippen molar-refractivity contribution >= 4 is 40.6 Å². The van der Waals surface area contributed by atoms with Crippen molar-refractivity contribution in [1.29, 1.82) is 0 Å². The number of hydrogen-bond acceptors (Lipinski definition) is 5. The number of amides is 1. The molecule has 0 spiro atoms. The highest BCUT2D eigenvalue weighted by atomic mass is 35.5. The second-order valence-electron chi connectivity index (χ2n) is 4.81. The van der Waals surface area contributed by atoms with Crippen LogP contribution in [0, 0.1) is 10.1 Å². The Labute approximate surface area is 148 Å². The van der Waals surface area contributed by atoms with E-state index in [2.05, 4.69) is 5.32 Å². The first-order chi connectivity index (χ1) is 11.5. The van der Waals surface area contributed by atoms with Crippen LogP contribution in [-0.4, -0.2) is 23.7 Å². The van der Waals surface area contributed by atoms with E-state index in [0.29, 0.717) is 22.2 Å². The molecule has 0 aliphatic carbocycles. The number of carbonyl (C=O) groups is 1. The van der Waals surface area contributed by atoms with E-state index in [1.54, 1.807) is 30.3 Å². The van der Waals surface area contributed by atoms with E-state index in [4.69, 9.17) is 16.3 Å². The summed E-state index contributed by atoms with van der Waals surface area (Å²) in [5.74, 6) is 1.18. The minimum Gasteiger partial charge on any atom is -0.495 e. The predicted molar refractivity (Wildman–Crippen MR) is 95.9 cm³/mol. The monoisotopic (exact) mass is 366 g/mol. The first-order valence-corrected chi connectivity index (χ1v) is 8.47. The molecule has 6 nitrogen and oxygen atoms in total. The molecular weight excluding hydrogens is 352 g/mol. The lowest BCUT2D eigenvalue weighted by molar-refractivity contribution is -0.384. The number of hydrogen-bond donors (Lipinski definition) is 1. The number of nitro benzene ring substituents is 1. The van der Waals surface area contributed by atoms with Gasteiger partial charge in [-0.05, 0) is 23.8 Å². The molecule has 0 bridgehead atoms. The maximum atomic E-state index is 12.0. The largest absolute Gasteiger partial charge is 0.495 e. The van der Waals surface area contributed by atoms with Gasteiger partial charge in [0.25, 0.3) is 5.69 Å². The normalized spacial score (nSPS) is 10.2. The van der Waals surface area contributed by atoms with E-state index >= 15 is 0 Å². The van der Waals surface area contributed by atoms with Crippen LogP contribution in [0.5, 0.6) is 5.75 Å². The Morgan fingerprint density at radius 3 is 2.62 bits per heavy atom. The molecule has 0 aliphatic heterocycles. The van der Waals surface area contributed by atoms with Crippen LogP contribution in [0.15, 0.2) is 42.5 Å². The van der Waals surface area contributed by atoms with Crippen molar-refractivity contribution in [1.82, 2.24) is 0 Å². The van der Waals surface area contributed by atoms with Crippen LogP contribution in [-0.2, 0) is 10.5 Å². The van der Waals surface area contributed by atoms with Crippen molar-refractivity contribution in [2.24, 2.45) is 0 Å². The molecule has 24 heavy (non-hydrogen) atoms. The Hall–Kier alpha value is -2.25. The zero-order valence-electron chi connectivity index (χ0n) is 12.8. The lowest BCUT2D eigenvalue weighted by atomic mass is 10.2. The van der Waals surface area contributed by atoms with Crippen LogP contribution in [0.2, 0.25) is 5.02 Å². The van der Waals surface area contributed by atoms with Gasteiger partial charge >= 0.3 is 0 Å². The van der Waals surface area contributed by atoms with Crippen LogP contribution in [0.25, 0.3) is 0 Å². The van der Waals surface area contributed by atoms with Crippen molar-refractivity contribution < 1.29 is 14.5 Å². The third-order valence-corrected chi connectivity index (χ3v) is 4.32. The minimum absolute atomic E-state index is 0.0505. The average molecular weight is 367 g/mol. The van der Waals surface area contributed by atoms with Gasteiger partial charge in [-0.2, -0.15) is 0 Å². The quantitative estimate of drug-likeness (QED) is 0.588. The van der Waals surface area contributed by atoms with E-state index < -0.39 is 4.92 Å². The molecular formula is C16H15ClN2O4S.